The first-order chi connectivity index (χ1) is 13.2. The lowest BCUT2D eigenvalue weighted by Gasteiger charge is -2.24. The Kier molecular flexibility index (Phi) is 7.17. The van der Waals surface area contributed by atoms with Crippen LogP contribution >= 0.6 is 0 Å². The van der Waals surface area contributed by atoms with Crippen LogP contribution in [-0.2, 0) is 19.6 Å². The van der Waals surface area contributed by atoms with Crippen LogP contribution in [0.1, 0.15) is 28.8 Å². The van der Waals surface area contributed by atoms with Gasteiger partial charge in [-0.25, -0.2) is 13.2 Å². The van der Waals surface area contributed by atoms with E-state index in [0.29, 0.717) is 17.8 Å². The van der Waals surface area contributed by atoms with Gasteiger partial charge in [-0.3, -0.25) is 9.10 Å². The molecule has 2 aromatic carbocycles. The number of para-hydroxylation sites is 2. The van der Waals surface area contributed by atoms with Crippen LogP contribution in [0.15, 0.2) is 48.5 Å². The number of methoxy groups -OCH3 is 1. The lowest BCUT2D eigenvalue weighted by molar-refractivity contribution is -0.116. The van der Waals surface area contributed by atoms with Gasteiger partial charge in [0.15, 0.2) is 0 Å². The molecule has 0 radical (unpaired) electrons. The molecule has 0 aliphatic rings. The van der Waals surface area contributed by atoms with Gasteiger partial charge in [0, 0.05) is 13.0 Å². The maximum absolute atomic E-state index is 12.3. The highest BCUT2D eigenvalue weighted by Gasteiger charge is 2.19. The van der Waals surface area contributed by atoms with Crippen LogP contribution in [0.25, 0.3) is 0 Å². The number of carbonyl (C=O) groups is 2. The quantitative estimate of drug-likeness (QED) is 0.683. The van der Waals surface area contributed by atoms with E-state index in [2.05, 4.69) is 5.32 Å². The molecule has 0 unspecified atom stereocenters. The largest absolute Gasteiger partial charge is 0.465 e. The number of ether oxygens (including phenoxy) is 1. The highest BCUT2D eigenvalue weighted by atomic mass is 32.2. The standard InChI is InChI=1S/C20H24N2O5S/c1-15-9-4-7-12-18(15)22(28(3,25)26)14-8-13-19(23)21-17-11-6-5-10-16(17)20(24)27-2/h4-7,9-12H,8,13-14H2,1-3H3,(H,21,23). The summed E-state index contributed by atoms with van der Waals surface area (Å²) in [5.74, 6) is -0.853. The van der Waals surface area contributed by atoms with Gasteiger partial charge < -0.3 is 10.1 Å². The summed E-state index contributed by atoms with van der Waals surface area (Å²) >= 11 is 0. The topological polar surface area (TPSA) is 92.8 Å². The molecule has 2 aromatic rings. The SMILES string of the molecule is COC(=O)c1ccccc1NC(=O)CCCN(c1ccccc1C)S(C)(=O)=O. The van der Waals surface area contributed by atoms with Crippen LogP contribution in [0.4, 0.5) is 11.4 Å². The fraction of sp³-hybridized carbons (Fsp3) is 0.300. The van der Waals surface area contributed by atoms with E-state index in [1.54, 1.807) is 36.4 Å². The molecule has 150 valence electrons. The van der Waals surface area contributed by atoms with Crippen molar-refractivity contribution < 1.29 is 22.7 Å². The number of benzene rings is 2. The van der Waals surface area contributed by atoms with Crippen LogP contribution in [-0.4, -0.2) is 40.2 Å². The average Bonchev–Trinajstić information content (AvgIpc) is 2.65. The van der Waals surface area contributed by atoms with E-state index in [1.165, 1.54) is 11.4 Å². The highest BCUT2D eigenvalue weighted by molar-refractivity contribution is 7.92. The molecule has 8 heteroatoms. The molecule has 0 aliphatic heterocycles. The van der Waals surface area contributed by atoms with E-state index in [0.717, 1.165) is 11.8 Å². The first kappa shape index (κ1) is 21.4. The molecule has 28 heavy (non-hydrogen) atoms. The Bertz CT molecular complexity index is 957. The number of hydrogen-bond donors (Lipinski definition) is 1. The molecule has 0 fully saturated rings. The van der Waals surface area contributed by atoms with Crippen molar-refractivity contribution in [2.24, 2.45) is 0 Å². The number of hydrogen-bond acceptors (Lipinski definition) is 5. The number of aryl methyl sites for hydroxylation is 1. The van der Waals surface area contributed by atoms with E-state index in [1.807, 2.05) is 19.1 Å². The zero-order valence-electron chi connectivity index (χ0n) is 16.1. The molecule has 1 N–H and O–H groups in total. The molecule has 0 aliphatic carbocycles. The van der Waals surface area contributed by atoms with Gasteiger partial charge in [0.1, 0.15) is 0 Å². The maximum atomic E-state index is 12.3. The number of anilines is 2. The third-order valence-electron chi connectivity index (χ3n) is 4.16. The Balaban J connectivity index is 2.03. The summed E-state index contributed by atoms with van der Waals surface area (Å²) < 4.78 is 30.4. The molecule has 0 saturated carbocycles. The molecule has 0 atom stereocenters. The number of rotatable bonds is 8. The second kappa shape index (κ2) is 9.36. The molecule has 0 aromatic heterocycles. The molecule has 1 amide bonds. The normalized spacial score (nSPS) is 11.0. The van der Waals surface area contributed by atoms with Crippen LogP contribution in [0, 0.1) is 6.92 Å². The molecule has 0 spiro atoms. The lowest BCUT2D eigenvalue weighted by Crippen LogP contribution is -2.32. The number of nitrogens with one attached hydrogen (secondary N) is 1. The molecular weight excluding hydrogens is 380 g/mol. The summed E-state index contributed by atoms with van der Waals surface area (Å²) in [6.07, 6.45) is 1.58. The van der Waals surface area contributed by atoms with E-state index < -0.39 is 16.0 Å². The van der Waals surface area contributed by atoms with Gasteiger partial charge in [0.25, 0.3) is 0 Å². The van der Waals surface area contributed by atoms with Crippen molar-refractivity contribution in [2.45, 2.75) is 19.8 Å². The maximum Gasteiger partial charge on any atom is 0.339 e. The van der Waals surface area contributed by atoms with Crippen molar-refractivity contribution in [3.8, 4) is 0 Å². The second-order valence-corrected chi connectivity index (χ2v) is 8.22. The zero-order chi connectivity index (χ0) is 20.7. The van der Waals surface area contributed by atoms with Crippen molar-refractivity contribution in [2.75, 3.05) is 29.5 Å². The van der Waals surface area contributed by atoms with Gasteiger partial charge in [-0.15, -0.1) is 0 Å². The molecular formula is C20H24N2O5S. The number of esters is 1. The third kappa shape index (κ3) is 5.56. The van der Waals surface area contributed by atoms with Crippen LogP contribution in [0.2, 0.25) is 0 Å². The smallest absolute Gasteiger partial charge is 0.339 e. The minimum Gasteiger partial charge on any atom is -0.465 e. The zero-order valence-corrected chi connectivity index (χ0v) is 17.0. The number of carbonyl (C=O) groups excluding carboxylic acids is 2. The number of amides is 1. The summed E-state index contributed by atoms with van der Waals surface area (Å²) in [6, 6.07) is 13.7. The van der Waals surface area contributed by atoms with Crippen molar-refractivity contribution in [3.05, 3.63) is 59.7 Å². The van der Waals surface area contributed by atoms with Crippen molar-refractivity contribution in [3.63, 3.8) is 0 Å². The Hall–Kier alpha value is -2.87. The van der Waals surface area contributed by atoms with E-state index in [4.69, 9.17) is 4.74 Å². The summed E-state index contributed by atoms with van der Waals surface area (Å²) in [5.41, 5.74) is 2.06. The number of nitrogens with zero attached hydrogens (tertiary/aromatic N) is 1. The minimum absolute atomic E-state index is 0.105. The fourth-order valence-corrected chi connectivity index (χ4v) is 3.81. The van der Waals surface area contributed by atoms with Crippen LogP contribution < -0.4 is 9.62 Å². The van der Waals surface area contributed by atoms with E-state index in [9.17, 15) is 18.0 Å². The fourth-order valence-electron chi connectivity index (χ4n) is 2.78. The predicted octanol–water partition coefficient (Wildman–Crippen LogP) is 2.97. The summed E-state index contributed by atoms with van der Waals surface area (Å²) in [6.45, 7) is 2.01. The van der Waals surface area contributed by atoms with Crippen molar-refractivity contribution >= 4 is 33.3 Å². The minimum atomic E-state index is -3.48. The van der Waals surface area contributed by atoms with Crippen LogP contribution in [0.5, 0.6) is 0 Å². The van der Waals surface area contributed by atoms with Gasteiger partial charge in [0.05, 0.1) is 30.3 Å². The summed E-state index contributed by atoms with van der Waals surface area (Å²) in [5, 5.41) is 2.68. The predicted molar refractivity (Wildman–Crippen MR) is 109 cm³/mol. The molecule has 7 nitrogen and oxygen atoms in total. The molecule has 2 rings (SSSR count). The summed E-state index contributed by atoms with van der Waals surface area (Å²) in [4.78, 5) is 24.1. The van der Waals surface area contributed by atoms with Gasteiger partial charge in [-0.05, 0) is 37.1 Å². The molecule has 0 saturated heterocycles. The molecule has 0 heterocycles. The Morgan fingerprint density at radius 1 is 1.07 bits per heavy atom. The summed E-state index contributed by atoms with van der Waals surface area (Å²) in [7, 11) is -2.21. The second-order valence-electron chi connectivity index (χ2n) is 6.31. The average molecular weight is 404 g/mol. The Morgan fingerprint density at radius 2 is 1.71 bits per heavy atom. The monoisotopic (exact) mass is 404 g/mol. The molecule has 0 bridgehead atoms. The Labute approximate surface area is 165 Å². The van der Waals surface area contributed by atoms with Crippen molar-refractivity contribution in [1.82, 2.24) is 0 Å². The van der Waals surface area contributed by atoms with Gasteiger partial charge in [0.2, 0.25) is 15.9 Å². The first-order valence-corrected chi connectivity index (χ1v) is 10.6. The van der Waals surface area contributed by atoms with Crippen molar-refractivity contribution in [1.29, 1.82) is 0 Å². The lowest BCUT2D eigenvalue weighted by atomic mass is 10.1. The van der Waals surface area contributed by atoms with E-state index in [-0.39, 0.29) is 24.4 Å². The van der Waals surface area contributed by atoms with E-state index >= 15 is 0 Å². The highest BCUT2D eigenvalue weighted by Crippen LogP contribution is 2.23. The Morgan fingerprint density at radius 3 is 2.36 bits per heavy atom. The first-order valence-electron chi connectivity index (χ1n) is 8.74. The van der Waals surface area contributed by atoms with Crippen LogP contribution in [0.3, 0.4) is 0 Å². The van der Waals surface area contributed by atoms with Gasteiger partial charge >= 0.3 is 5.97 Å². The number of sulfonamides is 1. The van der Waals surface area contributed by atoms with Gasteiger partial charge in [-0.1, -0.05) is 30.3 Å². The third-order valence-corrected chi connectivity index (χ3v) is 5.34. The van der Waals surface area contributed by atoms with Gasteiger partial charge in [-0.2, -0.15) is 0 Å².